The minimum atomic E-state index is -0.0616. The number of aliphatic hydroxyl groups is 1. The summed E-state index contributed by atoms with van der Waals surface area (Å²) in [6.07, 6.45) is 4.40. The van der Waals surface area contributed by atoms with Crippen molar-refractivity contribution < 1.29 is 9.90 Å². The van der Waals surface area contributed by atoms with E-state index in [0.717, 1.165) is 45.6 Å². The van der Waals surface area contributed by atoms with E-state index in [4.69, 9.17) is 0 Å². The van der Waals surface area contributed by atoms with Gasteiger partial charge in [0, 0.05) is 33.1 Å². The second kappa shape index (κ2) is 5.83. The average Bonchev–Trinajstić information content (AvgIpc) is 3.13. The van der Waals surface area contributed by atoms with Crippen LogP contribution in [-0.2, 0) is 4.79 Å². The van der Waals surface area contributed by atoms with Crippen LogP contribution in [0, 0.1) is 5.92 Å². The van der Waals surface area contributed by atoms with E-state index in [0.29, 0.717) is 5.92 Å². The van der Waals surface area contributed by atoms with Crippen molar-refractivity contribution in [2.45, 2.75) is 38.7 Å². The van der Waals surface area contributed by atoms with Crippen LogP contribution in [0.15, 0.2) is 0 Å². The molecule has 17 heavy (non-hydrogen) atoms. The fraction of sp³-hybridized carbons (Fsp3) is 0.923. The lowest BCUT2D eigenvalue weighted by Crippen LogP contribution is -2.48. The molecule has 1 N–H and O–H groups in total. The van der Waals surface area contributed by atoms with Crippen LogP contribution in [0.5, 0.6) is 0 Å². The van der Waals surface area contributed by atoms with Crippen molar-refractivity contribution >= 4 is 5.91 Å². The molecule has 0 bridgehead atoms. The summed E-state index contributed by atoms with van der Waals surface area (Å²) in [5.41, 5.74) is 0. The van der Waals surface area contributed by atoms with Gasteiger partial charge in [0.25, 0.3) is 0 Å². The summed E-state index contributed by atoms with van der Waals surface area (Å²) in [4.78, 5) is 15.5. The molecule has 1 atom stereocenters. The molecule has 4 nitrogen and oxygen atoms in total. The first-order chi connectivity index (χ1) is 8.16. The minimum absolute atomic E-state index is 0.0616. The molecule has 1 heterocycles. The van der Waals surface area contributed by atoms with Gasteiger partial charge in [-0.1, -0.05) is 0 Å². The number of aliphatic hydroxyl groups excluding tert-OH is 1. The van der Waals surface area contributed by atoms with Crippen LogP contribution in [0.1, 0.15) is 32.6 Å². The van der Waals surface area contributed by atoms with E-state index in [1.54, 1.807) is 6.92 Å². The third-order valence-electron chi connectivity index (χ3n) is 3.96. The Morgan fingerprint density at radius 3 is 2.47 bits per heavy atom. The van der Waals surface area contributed by atoms with Crippen molar-refractivity contribution in [2.75, 3.05) is 32.7 Å². The third-order valence-corrected chi connectivity index (χ3v) is 3.96. The molecule has 98 valence electrons. The van der Waals surface area contributed by atoms with Crippen molar-refractivity contribution in [1.82, 2.24) is 9.80 Å². The zero-order valence-electron chi connectivity index (χ0n) is 10.8. The van der Waals surface area contributed by atoms with E-state index in [9.17, 15) is 9.90 Å². The third kappa shape index (κ3) is 3.96. The number of hydrogen-bond donors (Lipinski definition) is 1. The number of piperazine rings is 1. The summed E-state index contributed by atoms with van der Waals surface area (Å²) in [5.74, 6) is 0.790. The van der Waals surface area contributed by atoms with Gasteiger partial charge >= 0.3 is 0 Å². The predicted molar refractivity (Wildman–Crippen MR) is 66.7 cm³/mol. The molecule has 1 unspecified atom stereocenters. The molecule has 0 spiro atoms. The molecule has 1 aliphatic carbocycles. The summed E-state index contributed by atoms with van der Waals surface area (Å²) in [6, 6.07) is 0. The van der Waals surface area contributed by atoms with Gasteiger partial charge in [0.2, 0.25) is 5.91 Å². The van der Waals surface area contributed by atoms with E-state index in [-0.39, 0.29) is 12.0 Å². The summed E-state index contributed by atoms with van der Waals surface area (Å²) >= 11 is 0. The Balaban J connectivity index is 1.56. The summed E-state index contributed by atoms with van der Waals surface area (Å²) in [7, 11) is 0. The molecular weight excluding hydrogens is 216 g/mol. The zero-order chi connectivity index (χ0) is 12.3. The van der Waals surface area contributed by atoms with Gasteiger partial charge in [-0.3, -0.25) is 9.69 Å². The summed E-state index contributed by atoms with van der Waals surface area (Å²) in [6.45, 7) is 6.40. The van der Waals surface area contributed by atoms with Gasteiger partial charge in [0.15, 0.2) is 0 Å². The number of hydrogen-bond acceptors (Lipinski definition) is 3. The molecule has 1 saturated carbocycles. The van der Waals surface area contributed by atoms with Crippen LogP contribution in [0.2, 0.25) is 0 Å². The van der Waals surface area contributed by atoms with Crippen LogP contribution >= 0.6 is 0 Å². The Kier molecular flexibility index (Phi) is 4.40. The van der Waals surface area contributed by atoms with Crippen molar-refractivity contribution in [3.8, 4) is 0 Å². The molecule has 2 aliphatic rings. The lowest BCUT2D eigenvalue weighted by atomic mass is 10.1. The van der Waals surface area contributed by atoms with Crippen molar-refractivity contribution in [1.29, 1.82) is 0 Å². The molecule has 4 heteroatoms. The first kappa shape index (κ1) is 12.8. The summed E-state index contributed by atoms with van der Waals surface area (Å²) < 4.78 is 0. The standard InChI is InChI=1S/C13H24N2O2/c1-11(16)15-9-7-14(8-10-15)6-2-3-13(17)12-4-5-12/h12-13,17H,2-10H2,1H3. The van der Waals surface area contributed by atoms with Crippen LogP contribution in [-0.4, -0.2) is 59.6 Å². The Labute approximate surface area is 104 Å². The fourth-order valence-corrected chi connectivity index (χ4v) is 2.53. The Bertz CT molecular complexity index is 258. The maximum absolute atomic E-state index is 11.2. The average molecular weight is 240 g/mol. The lowest BCUT2D eigenvalue weighted by Gasteiger charge is -2.34. The second-order valence-electron chi connectivity index (χ2n) is 5.39. The van der Waals surface area contributed by atoms with Crippen molar-refractivity contribution in [2.24, 2.45) is 5.92 Å². The number of rotatable bonds is 5. The topological polar surface area (TPSA) is 43.8 Å². The number of amides is 1. The molecule has 0 radical (unpaired) electrons. The predicted octanol–water partition coefficient (Wildman–Crippen LogP) is 0.702. The van der Waals surface area contributed by atoms with Gasteiger partial charge in [0.05, 0.1) is 6.10 Å². The molecule has 0 aromatic carbocycles. The Morgan fingerprint density at radius 2 is 1.94 bits per heavy atom. The van der Waals surface area contributed by atoms with E-state index in [1.807, 2.05) is 4.90 Å². The first-order valence-electron chi connectivity index (χ1n) is 6.83. The zero-order valence-corrected chi connectivity index (χ0v) is 10.8. The van der Waals surface area contributed by atoms with E-state index < -0.39 is 0 Å². The molecule has 2 rings (SSSR count). The van der Waals surface area contributed by atoms with Gasteiger partial charge in [-0.25, -0.2) is 0 Å². The highest BCUT2D eigenvalue weighted by Crippen LogP contribution is 2.34. The highest BCUT2D eigenvalue weighted by atomic mass is 16.3. The second-order valence-corrected chi connectivity index (χ2v) is 5.39. The number of carbonyl (C=O) groups is 1. The van der Waals surface area contributed by atoms with E-state index in [1.165, 1.54) is 12.8 Å². The van der Waals surface area contributed by atoms with Crippen molar-refractivity contribution in [3.05, 3.63) is 0 Å². The maximum atomic E-state index is 11.2. The highest BCUT2D eigenvalue weighted by Gasteiger charge is 2.29. The van der Waals surface area contributed by atoms with Gasteiger partial charge in [0.1, 0.15) is 0 Å². The number of carbonyl (C=O) groups excluding carboxylic acids is 1. The highest BCUT2D eigenvalue weighted by molar-refractivity contribution is 5.73. The van der Waals surface area contributed by atoms with Gasteiger partial charge in [-0.15, -0.1) is 0 Å². The molecule has 2 fully saturated rings. The Hall–Kier alpha value is -0.610. The van der Waals surface area contributed by atoms with Gasteiger partial charge in [-0.05, 0) is 38.1 Å². The molecular formula is C13H24N2O2. The maximum Gasteiger partial charge on any atom is 0.219 e. The smallest absolute Gasteiger partial charge is 0.219 e. The van der Waals surface area contributed by atoms with Crippen LogP contribution in [0.25, 0.3) is 0 Å². The normalized spacial score (nSPS) is 23.8. The van der Waals surface area contributed by atoms with Crippen LogP contribution < -0.4 is 0 Å². The fourth-order valence-electron chi connectivity index (χ4n) is 2.53. The molecule has 0 aromatic heterocycles. The van der Waals surface area contributed by atoms with Crippen LogP contribution in [0.3, 0.4) is 0 Å². The molecule has 1 aliphatic heterocycles. The van der Waals surface area contributed by atoms with Crippen molar-refractivity contribution in [3.63, 3.8) is 0 Å². The monoisotopic (exact) mass is 240 g/mol. The van der Waals surface area contributed by atoms with Gasteiger partial charge in [-0.2, -0.15) is 0 Å². The summed E-state index contributed by atoms with van der Waals surface area (Å²) in [5, 5.41) is 9.76. The largest absolute Gasteiger partial charge is 0.393 e. The van der Waals surface area contributed by atoms with Gasteiger partial charge < -0.3 is 10.0 Å². The quantitative estimate of drug-likeness (QED) is 0.769. The molecule has 1 saturated heterocycles. The van der Waals surface area contributed by atoms with Crippen LogP contribution in [0.4, 0.5) is 0 Å². The SMILES string of the molecule is CC(=O)N1CCN(CCCC(O)C2CC2)CC1. The van der Waals surface area contributed by atoms with E-state index in [2.05, 4.69) is 4.90 Å². The number of nitrogens with zero attached hydrogens (tertiary/aromatic N) is 2. The molecule has 0 aromatic rings. The molecule has 1 amide bonds. The first-order valence-corrected chi connectivity index (χ1v) is 6.83. The van der Waals surface area contributed by atoms with E-state index >= 15 is 0 Å². The minimum Gasteiger partial charge on any atom is -0.393 e. The lowest BCUT2D eigenvalue weighted by molar-refractivity contribution is -0.130. The Morgan fingerprint density at radius 1 is 1.29 bits per heavy atom.